The molecule has 0 bridgehead atoms. The number of hydrogen-bond acceptors (Lipinski definition) is 7. The van der Waals surface area contributed by atoms with E-state index in [2.05, 4.69) is 0 Å². The van der Waals surface area contributed by atoms with Gasteiger partial charge in [-0.2, -0.15) is 4.31 Å². The van der Waals surface area contributed by atoms with Gasteiger partial charge < -0.3 is 14.4 Å². The second-order valence-corrected chi connectivity index (χ2v) is 12.3. The molecular formula is C22H28N2O7S2. The van der Waals surface area contributed by atoms with Crippen molar-refractivity contribution < 1.29 is 31.1 Å². The quantitative estimate of drug-likeness (QED) is 0.577. The molecule has 1 saturated heterocycles. The summed E-state index contributed by atoms with van der Waals surface area (Å²) in [6.07, 6.45) is 0. The van der Waals surface area contributed by atoms with Gasteiger partial charge in [0.2, 0.25) is 10.0 Å². The number of benzene rings is 2. The van der Waals surface area contributed by atoms with Crippen LogP contribution in [-0.2, 0) is 19.9 Å². The van der Waals surface area contributed by atoms with Crippen molar-refractivity contribution in [3.05, 3.63) is 48.0 Å². The van der Waals surface area contributed by atoms with Gasteiger partial charge in [-0.15, -0.1) is 0 Å². The maximum atomic E-state index is 13.1. The van der Waals surface area contributed by atoms with Crippen LogP contribution in [0.3, 0.4) is 0 Å². The standard InChI is InChI=1S/C22H28N2O7S2/c1-16(2)32(26,27)18-7-5-17(6-8-18)22(25)23-11-13-24(14-12-23)33(28,29)19-9-10-20(30-3)21(15-19)31-4/h5-10,15-16H,11-14H2,1-4H3. The van der Waals surface area contributed by atoms with E-state index in [1.165, 1.54) is 61.0 Å². The largest absolute Gasteiger partial charge is 0.493 e. The zero-order valence-corrected chi connectivity index (χ0v) is 20.6. The van der Waals surface area contributed by atoms with E-state index in [1.54, 1.807) is 18.7 Å². The van der Waals surface area contributed by atoms with Gasteiger partial charge in [0.05, 0.1) is 29.3 Å². The van der Waals surface area contributed by atoms with Crippen LogP contribution in [0.4, 0.5) is 0 Å². The third-order valence-corrected chi connectivity index (χ3v) is 9.63. The van der Waals surface area contributed by atoms with Gasteiger partial charge in [-0.25, -0.2) is 16.8 Å². The first-order chi connectivity index (χ1) is 15.5. The number of methoxy groups -OCH3 is 2. The number of amides is 1. The second-order valence-electron chi connectivity index (χ2n) is 7.83. The fraction of sp³-hybridized carbons (Fsp3) is 0.409. The van der Waals surface area contributed by atoms with E-state index in [-0.39, 0.29) is 41.9 Å². The van der Waals surface area contributed by atoms with Crippen LogP contribution in [0.25, 0.3) is 0 Å². The highest BCUT2D eigenvalue weighted by Crippen LogP contribution is 2.31. The van der Waals surface area contributed by atoms with Crippen molar-refractivity contribution in [2.75, 3.05) is 40.4 Å². The predicted octanol–water partition coefficient (Wildman–Crippen LogP) is 2.03. The van der Waals surface area contributed by atoms with Gasteiger partial charge >= 0.3 is 0 Å². The van der Waals surface area contributed by atoms with Crippen molar-refractivity contribution in [1.82, 2.24) is 9.21 Å². The van der Waals surface area contributed by atoms with E-state index in [9.17, 15) is 21.6 Å². The minimum atomic E-state index is -3.77. The molecule has 0 aromatic heterocycles. The number of carbonyl (C=O) groups excluding carboxylic acids is 1. The Morgan fingerprint density at radius 2 is 1.36 bits per heavy atom. The van der Waals surface area contributed by atoms with Crippen molar-refractivity contribution >= 4 is 25.8 Å². The summed E-state index contributed by atoms with van der Waals surface area (Å²) >= 11 is 0. The number of nitrogens with zero attached hydrogens (tertiary/aromatic N) is 2. The summed E-state index contributed by atoms with van der Waals surface area (Å²) in [5.74, 6) is 0.473. The van der Waals surface area contributed by atoms with Gasteiger partial charge in [-0.3, -0.25) is 4.79 Å². The molecule has 0 saturated carbocycles. The van der Waals surface area contributed by atoms with Gasteiger partial charge in [0, 0.05) is 37.8 Å². The Hall–Kier alpha value is -2.63. The Morgan fingerprint density at radius 1 is 0.818 bits per heavy atom. The fourth-order valence-corrected chi connectivity index (χ4v) is 6.00. The molecule has 0 unspecified atom stereocenters. The topological polar surface area (TPSA) is 110 Å². The van der Waals surface area contributed by atoms with E-state index < -0.39 is 25.1 Å². The highest BCUT2D eigenvalue weighted by Gasteiger charge is 2.31. The van der Waals surface area contributed by atoms with E-state index in [0.717, 1.165) is 0 Å². The molecule has 0 radical (unpaired) electrons. The lowest BCUT2D eigenvalue weighted by atomic mass is 10.2. The Morgan fingerprint density at radius 3 is 1.88 bits per heavy atom. The van der Waals surface area contributed by atoms with Crippen molar-refractivity contribution in [1.29, 1.82) is 0 Å². The number of carbonyl (C=O) groups is 1. The Labute approximate surface area is 194 Å². The molecular weight excluding hydrogens is 468 g/mol. The lowest BCUT2D eigenvalue weighted by molar-refractivity contribution is 0.0698. The number of rotatable bonds is 7. The summed E-state index contributed by atoms with van der Waals surface area (Å²) in [7, 11) is -4.28. The van der Waals surface area contributed by atoms with E-state index in [0.29, 0.717) is 17.1 Å². The average Bonchev–Trinajstić information content (AvgIpc) is 2.83. The van der Waals surface area contributed by atoms with Crippen molar-refractivity contribution in [2.24, 2.45) is 0 Å². The van der Waals surface area contributed by atoms with Crippen LogP contribution in [0.1, 0.15) is 24.2 Å². The van der Waals surface area contributed by atoms with Crippen LogP contribution < -0.4 is 9.47 Å². The average molecular weight is 497 g/mol. The summed E-state index contributed by atoms with van der Waals surface area (Å²) in [5.41, 5.74) is 0.355. The lowest BCUT2D eigenvalue weighted by Crippen LogP contribution is -2.50. The Balaban J connectivity index is 1.70. The molecule has 11 heteroatoms. The highest BCUT2D eigenvalue weighted by molar-refractivity contribution is 7.92. The summed E-state index contributed by atoms with van der Waals surface area (Å²) in [5, 5.41) is -0.556. The molecule has 0 aliphatic carbocycles. The van der Waals surface area contributed by atoms with Crippen LogP contribution in [-0.4, -0.2) is 77.6 Å². The first-order valence-corrected chi connectivity index (χ1v) is 13.4. The molecule has 33 heavy (non-hydrogen) atoms. The molecule has 3 rings (SSSR count). The van der Waals surface area contributed by atoms with Crippen LogP contribution >= 0.6 is 0 Å². The summed E-state index contributed by atoms with van der Waals surface area (Å²) in [4.78, 5) is 14.7. The van der Waals surface area contributed by atoms with Gasteiger partial charge in [0.15, 0.2) is 21.3 Å². The third kappa shape index (κ3) is 4.99. The van der Waals surface area contributed by atoms with Crippen molar-refractivity contribution in [3.8, 4) is 11.5 Å². The van der Waals surface area contributed by atoms with Crippen LogP contribution in [0.5, 0.6) is 11.5 Å². The molecule has 0 atom stereocenters. The smallest absolute Gasteiger partial charge is 0.253 e. The van der Waals surface area contributed by atoms with Crippen molar-refractivity contribution in [2.45, 2.75) is 28.9 Å². The fourth-order valence-electron chi connectivity index (χ4n) is 3.50. The minimum Gasteiger partial charge on any atom is -0.493 e. The predicted molar refractivity (Wildman–Crippen MR) is 123 cm³/mol. The van der Waals surface area contributed by atoms with Crippen molar-refractivity contribution in [3.63, 3.8) is 0 Å². The molecule has 2 aromatic carbocycles. The zero-order valence-electron chi connectivity index (χ0n) is 19.0. The monoisotopic (exact) mass is 496 g/mol. The van der Waals surface area contributed by atoms with E-state index in [1.807, 2.05) is 0 Å². The molecule has 1 fully saturated rings. The van der Waals surface area contributed by atoms with Gasteiger partial charge in [-0.05, 0) is 50.2 Å². The second kappa shape index (κ2) is 9.70. The summed E-state index contributed by atoms with van der Waals surface area (Å²) in [6.45, 7) is 3.92. The summed E-state index contributed by atoms with van der Waals surface area (Å²) in [6, 6.07) is 10.3. The van der Waals surface area contributed by atoms with Gasteiger partial charge in [0.1, 0.15) is 0 Å². The van der Waals surface area contributed by atoms with Crippen LogP contribution in [0.15, 0.2) is 52.3 Å². The first kappa shape index (κ1) is 25.0. The Bertz CT molecular complexity index is 1220. The molecule has 1 aliphatic heterocycles. The minimum absolute atomic E-state index is 0.0851. The van der Waals surface area contributed by atoms with Crippen LogP contribution in [0, 0.1) is 0 Å². The van der Waals surface area contributed by atoms with Gasteiger partial charge in [-0.1, -0.05) is 0 Å². The third-order valence-electron chi connectivity index (χ3n) is 5.57. The van der Waals surface area contributed by atoms with E-state index in [4.69, 9.17) is 9.47 Å². The zero-order chi connectivity index (χ0) is 24.4. The number of sulfone groups is 1. The first-order valence-electron chi connectivity index (χ1n) is 10.4. The molecule has 1 heterocycles. The molecule has 1 amide bonds. The lowest BCUT2D eigenvalue weighted by Gasteiger charge is -2.34. The summed E-state index contributed by atoms with van der Waals surface area (Å²) < 4.78 is 62.3. The normalized spacial score (nSPS) is 15.5. The number of sulfonamides is 1. The SMILES string of the molecule is COc1ccc(S(=O)(=O)N2CCN(C(=O)c3ccc(S(=O)(=O)C(C)C)cc3)CC2)cc1OC. The molecule has 1 aliphatic rings. The molecule has 0 N–H and O–H groups in total. The number of piperazine rings is 1. The molecule has 0 spiro atoms. The number of hydrogen-bond donors (Lipinski definition) is 0. The van der Waals surface area contributed by atoms with E-state index >= 15 is 0 Å². The van der Waals surface area contributed by atoms with Gasteiger partial charge in [0.25, 0.3) is 5.91 Å². The Kier molecular flexibility index (Phi) is 7.35. The molecule has 2 aromatic rings. The maximum Gasteiger partial charge on any atom is 0.253 e. The molecule has 180 valence electrons. The number of ether oxygens (including phenoxy) is 2. The maximum absolute atomic E-state index is 13.1. The van der Waals surface area contributed by atoms with Crippen LogP contribution in [0.2, 0.25) is 0 Å². The highest BCUT2D eigenvalue weighted by atomic mass is 32.2. The molecule has 9 nitrogen and oxygen atoms in total.